The Balaban J connectivity index is 1.55. The molecule has 0 spiro atoms. The topological polar surface area (TPSA) is 49.4 Å². The number of carbonyl (C=O) groups excluding carboxylic acids is 2. The van der Waals surface area contributed by atoms with Crippen molar-refractivity contribution in [3.8, 4) is 0 Å². The van der Waals surface area contributed by atoms with E-state index in [-0.39, 0.29) is 23.6 Å². The molecule has 38 heavy (non-hydrogen) atoms. The number of halogens is 2. The highest BCUT2D eigenvalue weighted by molar-refractivity contribution is 7.99. The van der Waals surface area contributed by atoms with Gasteiger partial charge >= 0.3 is 0 Å². The molecule has 0 aliphatic heterocycles. The Morgan fingerprint density at radius 1 is 0.816 bits per heavy atom. The molecule has 1 unspecified atom stereocenters. The zero-order valence-electron chi connectivity index (χ0n) is 21.5. The van der Waals surface area contributed by atoms with E-state index in [1.165, 1.54) is 6.42 Å². The van der Waals surface area contributed by atoms with Crippen LogP contribution in [0.2, 0.25) is 10.0 Å². The fourth-order valence-electron chi connectivity index (χ4n) is 4.80. The number of rotatable bonds is 11. The monoisotopic (exact) mass is 568 g/mol. The van der Waals surface area contributed by atoms with Gasteiger partial charge in [0.25, 0.3) is 0 Å². The molecule has 1 N–H and O–H groups in total. The van der Waals surface area contributed by atoms with Gasteiger partial charge in [-0.05, 0) is 53.8 Å². The standard InChI is InChI=1S/C31H34Cl2N2O2S/c32-26-15-11-24(12-16-26)20-35(30(36)22-38-21-25-13-17-27(33)18-14-25)29(19-23-7-3-1-4-8-23)31(37)34-28-9-5-2-6-10-28/h1,3-4,7-8,11-18,28-29H,2,5-6,9-10,19-22H2,(H,34,37). The van der Waals surface area contributed by atoms with Gasteiger partial charge in [-0.15, -0.1) is 11.8 Å². The summed E-state index contributed by atoms with van der Waals surface area (Å²) in [6, 6.07) is 24.6. The summed E-state index contributed by atoms with van der Waals surface area (Å²) in [6.07, 6.45) is 5.91. The van der Waals surface area contributed by atoms with E-state index >= 15 is 0 Å². The molecule has 200 valence electrons. The highest BCUT2D eigenvalue weighted by Gasteiger charge is 2.31. The number of nitrogens with zero attached hydrogens (tertiary/aromatic N) is 1. The second kappa shape index (κ2) is 14.6. The van der Waals surface area contributed by atoms with E-state index in [4.69, 9.17) is 23.2 Å². The molecule has 4 nitrogen and oxygen atoms in total. The summed E-state index contributed by atoms with van der Waals surface area (Å²) < 4.78 is 0. The van der Waals surface area contributed by atoms with Gasteiger partial charge in [-0.3, -0.25) is 9.59 Å². The highest BCUT2D eigenvalue weighted by Crippen LogP contribution is 2.22. The minimum Gasteiger partial charge on any atom is -0.352 e. The fourth-order valence-corrected chi connectivity index (χ4v) is 5.93. The Morgan fingerprint density at radius 3 is 2.05 bits per heavy atom. The van der Waals surface area contributed by atoms with Gasteiger partial charge < -0.3 is 10.2 Å². The zero-order chi connectivity index (χ0) is 26.7. The molecule has 1 fully saturated rings. The fraction of sp³-hybridized carbons (Fsp3) is 0.355. The van der Waals surface area contributed by atoms with Crippen molar-refractivity contribution in [1.82, 2.24) is 10.2 Å². The smallest absolute Gasteiger partial charge is 0.243 e. The first kappa shape index (κ1) is 28.5. The molecule has 4 rings (SSSR count). The summed E-state index contributed by atoms with van der Waals surface area (Å²) in [5.74, 6) is 0.831. The van der Waals surface area contributed by atoms with Crippen molar-refractivity contribution < 1.29 is 9.59 Å². The van der Waals surface area contributed by atoms with Gasteiger partial charge in [-0.1, -0.05) is 97.1 Å². The lowest BCUT2D eigenvalue weighted by atomic mass is 9.94. The number of hydrogen-bond donors (Lipinski definition) is 1. The second-order valence-electron chi connectivity index (χ2n) is 9.82. The second-order valence-corrected chi connectivity index (χ2v) is 11.7. The van der Waals surface area contributed by atoms with Crippen molar-refractivity contribution in [3.05, 3.63) is 106 Å². The quantitative estimate of drug-likeness (QED) is 0.263. The van der Waals surface area contributed by atoms with Crippen LogP contribution in [0.15, 0.2) is 78.9 Å². The number of nitrogens with one attached hydrogen (secondary N) is 1. The van der Waals surface area contributed by atoms with Crippen LogP contribution in [0, 0.1) is 0 Å². The van der Waals surface area contributed by atoms with Crippen LogP contribution < -0.4 is 5.32 Å². The van der Waals surface area contributed by atoms with Crippen LogP contribution in [0.4, 0.5) is 0 Å². The molecule has 0 heterocycles. The summed E-state index contributed by atoms with van der Waals surface area (Å²) in [7, 11) is 0. The Morgan fingerprint density at radius 2 is 1.42 bits per heavy atom. The SMILES string of the molecule is O=C(NC1CCCCC1)C(Cc1ccccc1)N(Cc1ccc(Cl)cc1)C(=O)CSCc1ccc(Cl)cc1. The number of amides is 2. The summed E-state index contributed by atoms with van der Waals surface area (Å²) >= 11 is 13.7. The Kier molecular flexibility index (Phi) is 11.0. The largest absolute Gasteiger partial charge is 0.352 e. The first-order chi connectivity index (χ1) is 18.5. The van der Waals surface area contributed by atoms with E-state index in [1.807, 2.05) is 78.9 Å². The number of thioether (sulfide) groups is 1. The molecule has 1 atom stereocenters. The van der Waals surface area contributed by atoms with Crippen molar-refractivity contribution in [2.24, 2.45) is 0 Å². The average molecular weight is 570 g/mol. The molecule has 3 aromatic carbocycles. The van der Waals surface area contributed by atoms with Crippen LogP contribution >= 0.6 is 35.0 Å². The normalized spacial score (nSPS) is 14.6. The molecule has 7 heteroatoms. The molecule has 1 saturated carbocycles. The van der Waals surface area contributed by atoms with Gasteiger partial charge in [0, 0.05) is 34.8 Å². The Hall–Kier alpha value is -2.47. The Bertz CT molecular complexity index is 1170. The molecule has 0 bridgehead atoms. The third kappa shape index (κ3) is 8.79. The van der Waals surface area contributed by atoms with Crippen LogP contribution in [-0.4, -0.2) is 34.6 Å². The summed E-state index contributed by atoms with van der Waals surface area (Å²) in [6.45, 7) is 0.340. The van der Waals surface area contributed by atoms with E-state index in [1.54, 1.807) is 16.7 Å². The van der Waals surface area contributed by atoms with E-state index in [0.29, 0.717) is 28.8 Å². The van der Waals surface area contributed by atoms with Crippen molar-refractivity contribution in [3.63, 3.8) is 0 Å². The van der Waals surface area contributed by atoms with Crippen molar-refractivity contribution in [2.75, 3.05) is 5.75 Å². The number of carbonyl (C=O) groups is 2. The van der Waals surface area contributed by atoms with E-state index in [9.17, 15) is 9.59 Å². The minimum absolute atomic E-state index is 0.0568. The van der Waals surface area contributed by atoms with Gasteiger partial charge in [0.1, 0.15) is 6.04 Å². The number of benzene rings is 3. The molecule has 2 amide bonds. The van der Waals surface area contributed by atoms with Crippen molar-refractivity contribution in [2.45, 2.75) is 62.9 Å². The lowest BCUT2D eigenvalue weighted by Gasteiger charge is -2.33. The lowest BCUT2D eigenvalue weighted by Crippen LogP contribution is -2.53. The van der Waals surface area contributed by atoms with Gasteiger partial charge in [0.15, 0.2) is 0 Å². The van der Waals surface area contributed by atoms with Crippen molar-refractivity contribution >= 4 is 46.8 Å². The van der Waals surface area contributed by atoms with Crippen LogP contribution in [0.1, 0.15) is 48.8 Å². The van der Waals surface area contributed by atoms with Gasteiger partial charge in [-0.2, -0.15) is 0 Å². The van der Waals surface area contributed by atoms with Gasteiger partial charge in [-0.25, -0.2) is 0 Å². The molecule has 1 aliphatic rings. The van der Waals surface area contributed by atoms with Gasteiger partial charge in [0.05, 0.1) is 5.75 Å². The maximum atomic E-state index is 13.8. The maximum Gasteiger partial charge on any atom is 0.243 e. The van der Waals surface area contributed by atoms with Crippen LogP contribution in [0.5, 0.6) is 0 Å². The molecule has 3 aromatic rings. The molecular weight excluding hydrogens is 535 g/mol. The summed E-state index contributed by atoms with van der Waals surface area (Å²) in [5, 5.41) is 4.61. The van der Waals surface area contributed by atoms with E-state index in [2.05, 4.69) is 5.32 Å². The predicted octanol–water partition coefficient (Wildman–Crippen LogP) is 7.32. The third-order valence-electron chi connectivity index (χ3n) is 6.90. The summed E-state index contributed by atoms with van der Waals surface area (Å²) in [5.41, 5.74) is 3.07. The van der Waals surface area contributed by atoms with E-state index < -0.39 is 6.04 Å². The first-order valence-corrected chi connectivity index (χ1v) is 15.1. The molecule has 0 radical (unpaired) electrons. The molecule has 0 aromatic heterocycles. The Labute approximate surface area is 240 Å². The van der Waals surface area contributed by atoms with Crippen LogP contribution in [0.25, 0.3) is 0 Å². The van der Waals surface area contributed by atoms with Crippen molar-refractivity contribution in [1.29, 1.82) is 0 Å². The number of hydrogen-bond acceptors (Lipinski definition) is 3. The van der Waals surface area contributed by atoms with Gasteiger partial charge in [0.2, 0.25) is 11.8 Å². The maximum absolute atomic E-state index is 13.8. The average Bonchev–Trinajstić information content (AvgIpc) is 2.94. The minimum atomic E-state index is -0.612. The molecular formula is C31H34Cl2N2O2S. The van der Waals surface area contributed by atoms with Crippen LogP contribution in [0.3, 0.4) is 0 Å². The molecule has 1 aliphatic carbocycles. The summed E-state index contributed by atoms with van der Waals surface area (Å²) in [4.78, 5) is 29.3. The first-order valence-electron chi connectivity index (χ1n) is 13.2. The third-order valence-corrected chi connectivity index (χ3v) is 8.39. The lowest BCUT2D eigenvalue weighted by molar-refractivity contribution is -0.139. The highest BCUT2D eigenvalue weighted by atomic mass is 35.5. The molecule has 0 saturated heterocycles. The van der Waals surface area contributed by atoms with Crippen LogP contribution in [-0.2, 0) is 28.3 Å². The van der Waals surface area contributed by atoms with E-state index in [0.717, 1.165) is 42.4 Å². The zero-order valence-corrected chi connectivity index (χ0v) is 23.8. The predicted molar refractivity (Wildman–Crippen MR) is 159 cm³/mol.